The monoisotopic (exact) mass is 284 g/mol. The number of hydrogen-bond donors (Lipinski definition) is 0. The van der Waals surface area contributed by atoms with Crippen molar-refractivity contribution >= 4 is 23.8 Å². The van der Waals surface area contributed by atoms with Gasteiger partial charge in [-0.25, -0.2) is 4.79 Å². The van der Waals surface area contributed by atoms with E-state index < -0.39 is 0 Å². The van der Waals surface area contributed by atoms with Gasteiger partial charge in [0.25, 0.3) is 0 Å². The van der Waals surface area contributed by atoms with Crippen molar-refractivity contribution in [3.05, 3.63) is 71.8 Å². The molecule has 0 aliphatic rings. The SMILES string of the molecule is COC(=O)/C=C/c1ccccc1CSc1ccccc1. The van der Waals surface area contributed by atoms with Crippen LogP contribution in [-0.2, 0) is 15.3 Å². The molecular weight excluding hydrogens is 268 g/mol. The molecule has 0 aliphatic carbocycles. The highest BCUT2D eigenvalue weighted by molar-refractivity contribution is 7.98. The Morgan fingerprint density at radius 2 is 1.80 bits per heavy atom. The lowest BCUT2D eigenvalue weighted by Gasteiger charge is -2.06. The lowest BCUT2D eigenvalue weighted by atomic mass is 10.1. The fraction of sp³-hybridized carbons (Fsp3) is 0.118. The van der Waals surface area contributed by atoms with E-state index in [2.05, 4.69) is 22.9 Å². The van der Waals surface area contributed by atoms with E-state index in [-0.39, 0.29) is 5.97 Å². The van der Waals surface area contributed by atoms with Crippen molar-refractivity contribution in [1.82, 2.24) is 0 Å². The molecule has 102 valence electrons. The molecule has 0 atom stereocenters. The van der Waals surface area contributed by atoms with Crippen molar-refractivity contribution in [2.75, 3.05) is 7.11 Å². The Labute approximate surface area is 123 Å². The Hall–Kier alpha value is -2.00. The number of benzene rings is 2. The first-order valence-electron chi connectivity index (χ1n) is 6.31. The third-order valence-corrected chi connectivity index (χ3v) is 3.85. The predicted octanol–water partition coefficient (Wildman–Crippen LogP) is 4.17. The van der Waals surface area contributed by atoms with Crippen molar-refractivity contribution in [3.63, 3.8) is 0 Å². The number of methoxy groups -OCH3 is 1. The Morgan fingerprint density at radius 3 is 2.55 bits per heavy atom. The van der Waals surface area contributed by atoms with E-state index in [1.54, 1.807) is 17.8 Å². The minimum atomic E-state index is -0.337. The summed E-state index contributed by atoms with van der Waals surface area (Å²) in [6.45, 7) is 0. The van der Waals surface area contributed by atoms with E-state index in [9.17, 15) is 4.79 Å². The van der Waals surface area contributed by atoms with Crippen LogP contribution in [0.25, 0.3) is 6.08 Å². The normalized spacial score (nSPS) is 10.7. The van der Waals surface area contributed by atoms with Crippen LogP contribution in [0.2, 0.25) is 0 Å². The minimum absolute atomic E-state index is 0.337. The molecule has 2 nitrogen and oxygen atoms in total. The van der Waals surface area contributed by atoms with Crippen LogP contribution in [0.3, 0.4) is 0 Å². The molecule has 2 aromatic carbocycles. The van der Waals surface area contributed by atoms with Gasteiger partial charge in [0, 0.05) is 16.7 Å². The Bertz CT molecular complexity index is 591. The second kappa shape index (κ2) is 7.56. The summed E-state index contributed by atoms with van der Waals surface area (Å²) in [4.78, 5) is 12.4. The summed E-state index contributed by atoms with van der Waals surface area (Å²) in [6, 6.07) is 18.3. The topological polar surface area (TPSA) is 26.3 Å². The number of rotatable bonds is 5. The van der Waals surface area contributed by atoms with Crippen LogP contribution in [-0.4, -0.2) is 13.1 Å². The lowest BCUT2D eigenvalue weighted by molar-refractivity contribution is -0.134. The zero-order valence-electron chi connectivity index (χ0n) is 11.3. The molecule has 0 unspecified atom stereocenters. The van der Waals surface area contributed by atoms with E-state index in [0.29, 0.717) is 0 Å². The van der Waals surface area contributed by atoms with Crippen LogP contribution in [0.5, 0.6) is 0 Å². The highest BCUT2D eigenvalue weighted by Gasteiger charge is 2.01. The largest absolute Gasteiger partial charge is 0.466 e. The molecule has 0 aliphatic heterocycles. The van der Waals surface area contributed by atoms with Gasteiger partial charge < -0.3 is 4.74 Å². The second-order valence-corrected chi connectivity index (χ2v) is 5.21. The summed E-state index contributed by atoms with van der Waals surface area (Å²) in [6.07, 6.45) is 3.25. The number of ether oxygens (including phenoxy) is 1. The quantitative estimate of drug-likeness (QED) is 0.468. The van der Waals surface area contributed by atoms with Crippen molar-refractivity contribution in [2.24, 2.45) is 0 Å². The Morgan fingerprint density at radius 1 is 1.10 bits per heavy atom. The number of thioether (sulfide) groups is 1. The number of carbonyl (C=O) groups is 1. The molecule has 2 rings (SSSR count). The van der Waals surface area contributed by atoms with E-state index >= 15 is 0 Å². The van der Waals surface area contributed by atoms with Crippen molar-refractivity contribution in [3.8, 4) is 0 Å². The molecular formula is C17H16O2S. The van der Waals surface area contributed by atoms with Crippen molar-refractivity contribution < 1.29 is 9.53 Å². The first-order chi connectivity index (χ1) is 9.79. The third-order valence-electron chi connectivity index (χ3n) is 2.79. The summed E-state index contributed by atoms with van der Waals surface area (Å²) in [7, 11) is 1.38. The van der Waals surface area contributed by atoms with Crippen LogP contribution in [0.15, 0.2) is 65.6 Å². The zero-order chi connectivity index (χ0) is 14.2. The molecule has 0 bridgehead atoms. The average molecular weight is 284 g/mol. The summed E-state index contributed by atoms with van der Waals surface area (Å²) < 4.78 is 4.61. The van der Waals surface area contributed by atoms with Crippen LogP contribution in [0.1, 0.15) is 11.1 Å². The molecule has 0 amide bonds. The van der Waals surface area contributed by atoms with E-state index in [0.717, 1.165) is 11.3 Å². The highest BCUT2D eigenvalue weighted by Crippen LogP contribution is 2.24. The summed E-state index contributed by atoms with van der Waals surface area (Å²) in [5.74, 6) is 0.529. The minimum Gasteiger partial charge on any atom is -0.466 e. The van der Waals surface area contributed by atoms with Gasteiger partial charge in [0.15, 0.2) is 0 Å². The van der Waals surface area contributed by atoms with Gasteiger partial charge >= 0.3 is 5.97 Å². The molecule has 0 radical (unpaired) electrons. The first kappa shape index (κ1) is 14.4. The van der Waals surface area contributed by atoms with Crippen molar-refractivity contribution in [1.29, 1.82) is 0 Å². The average Bonchev–Trinajstić information content (AvgIpc) is 2.52. The molecule has 2 aromatic rings. The molecule has 20 heavy (non-hydrogen) atoms. The van der Waals surface area contributed by atoms with Gasteiger partial charge in [-0.3, -0.25) is 0 Å². The number of carbonyl (C=O) groups excluding carboxylic acids is 1. The highest BCUT2D eigenvalue weighted by atomic mass is 32.2. The molecule has 0 fully saturated rings. The van der Waals surface area contributed by atoms with Crippen LogP contribution < -0.4 is 0 Å². The number of hydrogen-bond acceptors (Lipinski definition) is 3. The predicted molar refractivity (Wildman–Crippen MR) is 83.5 cm³/mol. The molecule has 0 N–H and O–H groups in total. The summed E-state index contributed by atoms with van der Waals surface area (Å²) >= 11 is 1.78. The standard InChI is InChI=1S/C17H16O2S/c1-19-17(18)12-11-14-7-5-6-8-15(14)13-20-16-9-3-2-4-10-16/h2-12H,13H2,1H3/b12-11+. The van der Waals surface area contributed by atoms with Gasteiger partial charge in [-0.1, -0.05) is 42.5 Å². The fourth-order valence-corrected chi connectivity index (χ4v) is 2.67. The van der Waals surface area contributed by atoms with Crippen LogP contribution in [0, 0.1) is 0 Å². The van der Waals surface area contributed by atoms with Crippen molar-refractivity contribution in [2.45, 2.75) is 10.6 Å². The molecule has 0 saturated heterocycles. The van der Waals surface area contributed by atoms with E-state index in [1.165, 1.54) is 23.6 Å². The molecule has 0 spiro atoms. The molecule has 0 aromatic heterocycles. The van der Waals surface area contributed by atoms with Gasteiger partial charge in [0.05, 0.1) is 7.11 Å². The van der Waals surface area contributed by atoms with E-state index in [4.69, 9.17) is 0 Å². The third kappa shape index (κ3) is 4.28. The maximum absolute atomic E-state index is 11.2. The Kier molecular flexibility index (Phi) is 5.44. The smallest absolute Gasteiger partial charge is 0.330 e. The van der Waals surface area contributed by atoms with Gasteiger partial charge in [-0.05, 0) is 29.3 Å². The summed E-state index contributed by atoms with van der Waals surface area (Å²) in [5.41, 5.74) is 2.24. The fourth-order valence-electron chi connectivity index (χ4n) is 1.73. The summed E-state index contributed by atoms with van der Waals surface area (Å²) in [5, 5.41) is 0. The van der Waals surface area contributed by atoms with Gasteiger partial charge in [-0.15, -0.1) is 11.8 Å². The Balaban J connectivity index is 2.08. The zero-order valence-corrected chi connectivity index (χ0v) is 12.1. The maximum atomic E-state index is 11.2. The molecule has 3 heteroatoms. The van der Waals surface area contributed by atoms with Gasteiger partial charge in [0.1, 0.15) is 0 Å². The van der Waals surface area contributed by atoms with E-state index in [1.807, 2.05) is 36.4 Å². The van der Waals surface area contributed by atoms with Gasteiger partial charge in [-0.2, -0.15) is 0 Å². The van der Waals surface area contributed by atoms with Crippen LogP contribution in [0.4, 0.5) is 0 Å². The number of esters is 1. The first-order valence-corrected chi connectivity index (χ1v) is 7.30. The second-order valence-electron chi connectivity index (χ2n) is 4.16. The molecule has 0 heterocycles. The molecule has 0 saturated carbocycles. The lowest BCUT2D eigenvalue weighted by Crippen LogP contribution is -1.94. The van der Waals surface area contributed by atoms with Gasteiger partial charge in [0.2, 0.25) is 0 Å². The van der Waals surface area contributed by atoms with Crippen LogP contribution >= 0.6 is 11.8 Å². The maximum Gasteiger partial charge on any atom is 0.330 e.